The molecule has 0 aliphatic heterocycles. The highest BCUT2D eigenvalue weighted by atomic mass is 32.1. The number of unbranched alkanes of at least 4 members (excludes halogenated alkanes) is 1. The molecule has 3 heteroatoms. The van der Waals surface area contributed by atoms with Gasteiger partial charge in [-0.05, 0) is 44.3 Å². The van der Waals surface area contributed by atoms with Crippen LogP contribution < -0.4 is 0 Å². The molecule has 2 nitrogen and oxygen atoms in total. The van der Waals surface area contributed by atoms with Gasteiger partial charge in [0.05, 0.1) is 12.8 Å². The maximum atomic E-state index is 5.25. The van der Waals surface area contributed by atoms with Gasteiger partial charge >= 0.3 is 0 Å². The lowest BCUT2D eigenvalue weighted by Crippen LogP contribution is -2.18. The molecule has 0 aromatic carbocycles. The van der Waals surface area contributed by atoms with Gasteiger partial charge < -0.3 is 4.42 Å². The summed E-state index contributed by atoms with van der Waals surface area (Å²) in [6.07, 6.45) is 4.11. The predicted molar refractivity (Wildman–Crippen MR) is 58.1 cm³/mol. The van der Waals surface area contributed by atoms with Crippen LogP contribution in [-0.2, 0) is 6.54 Å². The van der Waals surface area contributed by atoms with Crippen LogP contribution in [0.2, 0.25) is 0 Å². The lowest BCUT2D eigenvalue weighted by molar-refractivity contribution is 0.291. The normalized spacial score (nSPS) is 11.0. The van der Waals surface area contributed by atoms with Crippen LogP contribution in [0.4, 0.5) is 0 Å². The van der Waals surface area contributed by atoms with Gasteiger partial charge in [0, 0.05) is 0 Å². The van der Waals surface area contributed by atoms with Crippen LogP contribution >= 0.6 is 12.6 Å². The SMILES string of the molecule is CN(CCCCS)Cc1ccco1. The van der Waals surface area contributed by atoms with Crippen molar-refractivity contribution in [3.63, 3.8) is 0 Å². The van der Waals surface area contributed by atoms with E-state index >= 15 is 0 Å². The van der Waals surface area contributed by atoms with Crippen molar-refractivity contribution in [2.75, 3.05) is 19.3 Å². The van der Waals surface area contributed by atoms with E-state index in [4.69, 9.17) is 4.42 Å². The van der Waals surface area contributed by atoms with E-state index in [1.54, 1.807) is 6.26 Å². The summed E-state index contributed by atoms with van der Waals surface area (Å²) in [4.78, 5) is 2.27. The standard InChI is InChI=1S/C10H17NOS/c1-11(6-2-3-8-13)9-10-5-4-7-12-10/h4-5,7,13H,2-3,6,8-9H2,1H3. The predicted octanol–water partition coefficient (Wildman–Crippen LogP) is 2.42. The number of hydrogen-bond acceptors (Lipinski definition) is 3. The Bertz CT molecular complexity index is 211. The molecule has 1 heterocycles. The van der Waals surface area contributed by atoms with Crippen LogP contribution in [-0.4, -0.2) is 24.2 Å². The molecule has 1 aromatic rings. The molecule has 1 rings (SSSR count). The third-order valence-corrected chi connectivity index (χ3v) is 2.27. The van der Waals surface area contributed by atoms with Crippen LogP contribution in [0.1, 0.15) is 18.6 Å². The highest BCUT2D eigenvalue weighted by Gasteiger charge is 2.01. The Morgan fingerprint density at radius 2 is 2.31 bits per heavy atom. The molecule has 13 heavy (non-hydrogen) atoms. The van der Waals surface area contributed by atoms with Crippen LogP contribution in [0.5, 0.6) is 0 Å². The Kier molecular flexibility index (Phi) is 5.01. The Labute approximate surface area is 85.3 Å². The summed E-state index contributed by atoms with van der Waals surface area (Å²) in [5.41, 5.74) is 0. The van der Waals surface area contributed by atoms with Crippen LogP contribution in [0.3, 0.4) is 0 Å². The Morgan fingerprint density at radius 3 is 2.92 bits per heavy atom. The molecule has 0 amide bonds. The largest absolute Gasteiger partial charge is 0.468 e. The second-order valence-electron chi connectivity index (χ2n) is 3.25. The topological polar surface area (TPSA) is 16.4 Å². The van der Waals surface area contributed by atoms with E-state index in [0.29, 0.717) is 0 Å². The first-order valence-corrected chi connectivity index (χ1v) is 5.28. The fourth-order valence-electron chi connectivity index (χ4n) is 1.24. The molecule has 74 valence electrons. The Balaban J connectivity index is 2.14. The molecular weight excluding hydrogens is 182 g/mol. The second-order valence-corrected chi connectivity index (χ2v) is 3.70. The van der Waals surface area contributed by atoms with Crippen molar-refractivity contribution in [3.8, 4) is 0 Å². The molecular formula is C10H17NOS. The molecule has 0 atom stereocenters. The molecule has 1 aromatic heterocycles. The summed E-state index contributed by atoms with van der Waals surface area (Å²) in [7, 11) is 2.11. The molecule has 0 aliphatic carbocycles. The van der Waals surface area contributed by atoms with Crippen LogP contribution in [0.15, 0.2) is 22.8 Å². The van der Waals surface area contributed by atoms with E-state index in [0.717, 1.165) is 24.6 Å². The maximum absolute atomic E-state index is 5.25. The summed E-state index contributed by atoms with van der Waals surface area (Å²) < 4.78 is 5.25. The Hall–Kier alpha value is -0.410. The molecule has 0 bridgehead atoms. The molecule has 0 saturated heterocycles. The fourth-order valence-corrected chi connectivity index (χ4v) is 1.46. The van der Waals surface area contributed by atoms with Gasteiger partial charge in [0.25, 0.3) is 0 Å². The van der Waals surface area contributed by atoms with Gasteiger partial charge in [-0.3, -0.25) is 4.90 Å². The Morgan fingerprint density at radius 1 is 1.46 bits per heavy atom. The third kappa shape index (κ3) is 4.39. The van der Waals surface area contributed by atoms with E-state index in [1.165, 1.54) is 12.8 Å². The quantitative estimate of drug-likeness (QED) is 0.559. The van der Waals surface area contributed by atoms with Gasteiger partial charge in [0.15, 0.2) is 0 Å². The smallest absolute Gasteiger partial charge is 0.117 e. The highest BCUT2D eigenvalue weighted by molar-refractivity contribution is 7.80. The zero-order valence-electron chi connectivity index (χ0n) is 8.07. The summed E-state index contributed by atoms with van der Waals surface area (Å²) in [6.45, 7) is 2.01. The van der Waals surface area contributed by atoms with Crippen molar-refractivity contribution in [2.45, 2.75) is 19.4 Å². The summed E-state index contributed by atoms with van der Waals surface area (Å²) in [5, 5.41) is 0. The average molecular weight is 199 g/mol. The van der Waals surface area contributed by atoms with E-state index < -0.39 is 0 Å². The number of rotatable bonds is 6. The van der Waals surface area contributed by atoms with Gasteiger partial charge in [-0.25, -0.2) is 0 Å². The van der Waals surface area contributed by atoms with Gasteiger partial charge in [-0.15, -0.1) is 0 Å². The van der Waals surface area contributed by atoms with Crippen molar-refractivity contribution in [1.29, 1.82) is 0 Å². The number of thiol groups is 1. The number of furan rings is 1. The van der Waals surface area contributed by atoms with Crippen molar-refractivity contribution in [2.24, 2.45) is 0 Å². The zero-order chi connectivity index (χ0) is 9.52. The molecule has 0 N–H and O–H groups in total. The van der Waals surface area contributed by atoms with Gasteiger partial charge in [-0.1, -0.05) is 0 Å². The van der Waals surface area contributed by atoms with Crippen LogP contribution in [0.25, 0.3) is 0 Å². The van der Waals surface area contributed by atoms with E-state index in [1.807, 2.05) is 12.1 Å². The molecule has 0 aliphatic rings. The fraction of sp³-hybridized carbons (Fsp3) is 0.600. The number of nitrogens with zero attached hydrogens (tertiary/aromatic N) is 1. The summed E-state index contributed by atoms with van der Waals surface area (Å²) in [5.74, 6) is 2.02. The second kappa shape index (κ2) is 6.11. The van der Waals surface area contributed by atoms with Gasteiger partial charge in [0.1, 0.15) is 5.76 Å². The minimum absolute atomic E-state index is 0.902. The van der Waals surface area contributed by atoms with E-state index in [-0.39, 0.29) is 0 Å². The number of hydrogen-bond donors (Lipinski definition) is 1. The maximum Gasteiger partial charge on any atom is 0.117 e. The minimum Gasteiger partial charge on any atom is -0.468 e. The minimum atomic E-state index is 0.902. The summed E-state index contributed by atoms with van der Waals surface area (Å²) in [6, 6.07) is 3.94. The first kappa shape index (κ1) is 10.7. The van der Waals surface area contributed by atoms with Crippen molar-refractivity contribution < 1.29 is 4.42 Å². The van der Waals surface area contributed by atoms with Gasteiger partial charge in [0.2, 0.25) is 0 Å². The molecule has 0 saturated carbocycles. The molecule has 0 fully saturated rings. The zero-order valence-corrected chi connectivity index (χ0v) is 8.96. The van der Waals surface area contributed by atoms with Gasteiger partial charge in [-0.2, -0.15) is 12.6 Å². The van der Waals surface area contributed by atoms with Crippen molar-refractivity contribution in [3.05, 3.63) is 24.2 Å². The highest BCUT2D eigenvalue weighted by Crippen LogP contribution is 2.04. The van der Waals surface area contributed by atoms with Crippen LogP contribution in [0, 0.1) is 0 Å². The molecule has 0 unspecified atom stereocenters. The lowest BCUT2D eigenvalue weighted by atomic mass is 10.3. The van der Waals surface area contributed by atoms with E-state index in [9.17, 15) is 0 Å². The first-order valence-electron chi connectivity index (χ1n) is 4.64. The summed E-state index contributed by atoms with van der Waals surface area (Å²) >= 11 is 4.18. The monoisotopic (exact) mass is 199 g/mol. The van der Waals surface area contributed by atoms with Crippen molar-refractivity contribution in [1.82, 2.24) is 4.90 Å². The average Bonchev–Trinajstić information content (AvgIpc) is 2.57. The third-order valence-electron chi connectivity index (χ3n) is 1.95. The molecule has 0 spiro atoms. The van der Waals surface area contributed by atoms with E-state index in [2.05, 4.69) is 24.6 Å². The first-order chi connectivity index (χ1) is 6.33. The molecule has 0 radical (unpaired) electrons. The lowest BCUT2D eigenvalue weighted by Gasteiger charge is -2.14. The van der Waals surface area contributed by atoms with Crippen molar-refractivity contribution >= 4 is 12.6 Å².